The third-order valence-electron chi connectivity index (χ3n) is 9.51. The monoisotopic (exact) mass is 706 g/mol. The number of anilines is 1. The Morgan fingerprint density at radius 2 is 1.76 bits per heavy atom. The zero-order chi connectivity index (χ0) is 35.8. The Morgan fingerprint density at radius 1 is 1.04 bits per heavy atom. The van der Waals surface area contributed by atoms with Gasteiger partial charge in [-0.3, -0.25) is 19.1 Å². The van der Waals surface area contributed by atoms with E-state index in [1.54, 1.807) is 37.7 Å². The molecule has 3 amide bonds. The lowest BCUT2D eigenvalue weighted by Gasteiger charge is -2.31. The van der Waals surface area contributed by atoms with Crippen molar-refractivity contribution in [1.82, 2.24) is 24.9 Å². The summed E-state index contributed by atoms with van der Waals surface area (Å²) in [4.78, 5) is 52.3. The van der Waals surface area contributed by atoms with Crippen molar-refractivity contribution >= 4 is 44.3 Å². The van der Waals surface area contributed by atoms with E-state index in [4.69, 9.17) is 14.2 Å². The number of hydrogen-bond donors (Lipinski definition) is 3. The van der Waals surface area contributed by atoms with Gasteiger partial charge in [0.1, 0.15) is 41.0 Å². The van der Waals surface area contributed by atoms with E-state index in [9.17, 15) is 22.8 Å². The van der Waals surface area contributed by atoms with Crippen LogP contribution in [0, 0.1) is 11.8 Å². The van der Waals surface area contributed by atoms with Crippen molar-refractivity contribution in [3.05, 3.63) is 61.4 Å². The number of aromatic nitrogens is 2. The van der Waals surface area contributed by atoms with E-state index in [0.717, 1.165) is 10.8 Å². The van der Waals surface area contributed by atoms with E-state index in [-0.39, 0.29) is 31.2 Å². The number of likely N-dealkylation sites (tertiary alicyclic amines) is 1. The molecule has 50 heavy (non-hydrogen) atoms. The molecule has 14 nitrogen and oxygen atoms in total. The maximum atomic E-state index is 14.4. The number of ether oxygens (including phenoxy) is 3. The summed E-state index contributed by atoms with van der Waals surface area (Å²) in [5, 5.41) is 6.97. The number of pyridine rings is 2. The van der Waals surface area contributed by atoms with Crippen LogP contribution in [0.4, 0.5) is 5.82 Å². The Hall–Kier alpha value is -4.92. The summed E-state index contributed by atoms with van der Waals surface area (Å²) in [6, 6.07) is 8.82. The molecule has 0 spiro atoms. The SMILES string of the molecule is C=C[C@@H]1C[C@]1(NC(=O)[C@@H]1C[C@@H](Oc2nccc3cc(OC)ccc23)CN1C(=O)C(Nc1cc(OC)ccn1)C(C)C)C(=O)NS(=O)(=O)C1CC1. The fourth-order valence-electron chi connectivity index (χ4n) is 6.37. The van der Waals surface area contributed by atoms with E-state index in [1.807, 2.05) is 32.0 Å². The molecule has 3 fully saturated rings. The summed E-state index contributed by atoms with van der Waals surface area (Å²) in [5.41, 5.74) is -1.51. The number of amides is 3. The number of fused-ring (bicyclic) bond motifs is 1. The van der Waals surface area contributed by atoms with Crippen LogP contribution in [0.15, 0.2) is 61.4 Å². The minimum atomic E-state index is -3.87. The molecule has 1 unspecified atom stereocenters. The zero-order valence-corrected chi connectivity index (χ0v) is 29.2. The maximum Gasteiger partial charge on any atom is 0.259 e. The zero-order valence-electron chi connectivity index (χ0n) is 28.4. The van der Waals surface area contributed by atoms with Crippen molar-refractivity contribution < 1.29 is 37.0 Å². The van der Waals surface area contributed by atoms with Gasteiger partial charge >= 0.3 is 0 Å². The van der Waals surface area contributed by atoms with Crippen molar-refractivity contribution in [2.45, 2.75) is 68.5 Å². The van der Waals surface area contributed by atoms with Gasteiger partial charge in [0.15, 0.2) is 0 Å². The molecule has 3 aromatic rings. The third-order valence-corrected chi connectivity index (χ3v) is 11.3. The van der Waals surface area contributed by atoms with Crippen LogP contribution in [0.1, 0.15) is 39.5 Å². The standard InChI is InChI=1S/C35H42N6O8S/c1-6-22-18-35(22,34(44)40-50(45,46)26-8-9-26)39-31(42)28-16-25(49-32-27-10-7-23(47-4)15-21(27)11-13-37-32)19-41(28)33(43)30(20(2)3)38-29-17-24(48-5)12-14-36-29/h6-7,10-15,17,20,22,25-26,28,30H,1,8-9,16,18-19H2,2-5H3,(H,36,38)(H,39,42)(H,40,44)/t22-,25-,28+,30?,35-/m1/s1. The van der Waals surface area contributed by atoms with Gasteiger partial charge in [-0.25, -0.2) is 18.4 Å². The van der Waals surface area contributed by atoms with E-state index >= 15 is 0 Å². The highest BCUT2D eigenvalue weighted by Crippen LogP contribution is 2.45. The Morgan fingerprint density at radius 3 is 2.42 bits per heavy atom. The first-order valence-electron chi connectivity index (χ1n) is 16.6. The second-order valence-corrected chi connectivity index (χ2v) is 15.3. The molecule has 5 atom stereocenters. The molecule has 3 N–H and O–H groups in total. The lowest BCUT2D eigenvalue weighted by Crippen LogP contribution is -2.58. The van der Waals surface area contributed by atoms with E-state index in [0.29, 0.717) is 36.0 Å². The molecular weight excluding hydrogens is 664 g/mol. The molecule has 0 radical (unpaired) electrons. The minimum absolute atomic E-state index is 0.0434. The molecule has 2 saturated carbocycles. The number of methoxy groups -OCH3 is 2. The van der Waals surface area contributed by atoms with Crippen LogP contribution in [-0.2, 0) is 24.4 Å². The van der Waals surface area contributed by atoms with Gasteiger partial charge in [-0.05, 0) is 60.9 Å². The molecule has 1 saturated heterocycles. The fourth-order valence-corrected chi connectivity index (χ4v) is 7.73. The average molecular weight is 707 g/mol. The van der Waals surface area contributed by atoms with Crippen LogP contribution in [0.2, 0.25) is 0 Å². The highest BCUT2D eigenvalue weighted by atomic mass is 32.2. The van der Waals surface area contributed by atoms with Crippen LogP contribution in [-0.4, -0.2) is 90.7 Å². The molecule has 266 valence electrons. The first-order valence-corrected chi connectivity index (χ1v) is 18.1. The largest absolute Gasteiger partial charge is 0.497 e. The van der Waals surface area contributed by atoms with Crippen LogP contribution >= 0.6 is 0 Å². The predicted octanol–water partition coefficient (Wildman–Crippen LogP) is 2.80. The van der Waals surface area contributed by atoms with Crippen molar-refractivity contribution in [2.75, 3.05) is 26.1 Å². The van der Waals surface area contributed by atoms with Crippen LogP contribution in [0.25, 0.3) is 10.8 Å². The average Bonchev–Trinajstić information content (AvgIpc) is 4.03. The van der Waals surface area contributed by atoms with Crippen LogP contribution in [0.3, 0.4) is 0 Å². The van der Waals surface area contributed by atoms with Crippen LogP contribution < -0.4 is 29.6 Å². The summed E-state index contributed by atoms with van der Waals surface area (Å²) in [6.07, 6.45) is 5.26. The van der Waals surface area contributed by atoms with Crippen molar-refractivity contribution in [2.24, 2.45) is 11.8 Å². The molecule has 6 rings (SSSR count). The van der Waals surface area contributed by atoms with Gasteiger partial charge in [-0.1, -0.05) is 19.9 Å². The first kappa shape index (κ1) is 34.9. The number of hydrogen-bond acceptors (Lipinski definition) is 11. The normalized spacial score (nSPS) is 23.5. The summed E-state index contributed by atoms with van der Waals surface area (Å²) in [6.45, 7) is 7.58. The molecule has 1 aromatic carbocycles. The molecular formula is C35H42N6O8S. The smallest absolute Gasteiger partial charge is 0.259 e. The van der Waals surface area contributed by atoms with Gasteiger partial charge in [0, 0.05) is 36.2 Å². The Labute approximate surface area is 291 Å². The number of benzene rings is 1. The summed E-state index contributed by atoms with van der Waals surface area (Å²) < 4.78 is 44.6. The topological polar surface area (TPSA) is 178 Å². The molecule has 2 aliphatic carbocycles. The highest BCUT2D eigenvalue weighted by molar-refractivity contribution is 7.91. The summed E-state index contributed by atoms with van der Waals surface area (Å²) in [5.74, 6) is -0.542. The van der Waals surface area contributed by atoms with E-state index in [2.05, 4.69) is 31.9 Å². The second kappa shape index (κ2) is 13.8. The molecule has 15 heteroatoms. The molecule has 2 aromatic heterocycles. The van der Waals surface area contributed by atoms with Crippen LogP contribution in [0.5, 0.6) is 17.4 Å². The number of carbonyl (C=O) groups excluding carboxylic acids is 3. The Kier molecular flexibility index (Phi) is 9.62. The van der Waals surface area contributed by atoms with Crippen molar-refractivity contribution in [3.63, 3.8) is 0 Å². The number of rotatable bonds is 14. The van der Waals surface area contributed by atoms with Gasteiger partial charge < -0.3 is 29.7 Å². The van der Waals surface area contributed by atoms with Gasteiger partial charge in [0.05, 0.1) is 26.0 Å². The Bertz CT molecular complexity index is 1920. The second-order valence-electron chi connectivity index (χ2n) is 13.3. The number of sulfonamides is 1. The number of carbonyl (C=O) groups is 3. The van der Waals surface area contributed by atoms with Gasteiger partial charge in [-0.2, -0.15) is 0 Å². The number of nitrogens with zero attached hydrogens (tertiary/aromatic N) is 3. The fraction of sp³-hybridized carbons (Fsp3) is 0.457. The van der Waals surface area contributed by atoms with Gasteiger partial charge in [0.2, 0.25) is 27.7 Å². The van der Waals surface area contributed by atoms with Crippen molar-refractivity contribution in [3.8, 4) is 17.4 Å². The number of nitrogens with one attached hydrogen (secondary N) is 3. The van der Waals surface area contributed by atoms with Gasteiger partial charge in [-0.15, -0.1) is 6.58 Å². The maximum absolute atomic E-state index is 14.4. The van der Waals surface area contributed by atoms with E-state index in [1.165, 1.54) is 18.1 Å². The minimum Gasteiger partial charge on any atom is -0.497 e. The lowest BCUT2D eigenvalue weighted by atomic mass is 10.0. The predicted molar refractivity (Wildman–Crippen MR) is 185 cm³/mol. The molecule has 1 aliphatic heterocycles. The Balaban J connectivity index is 1.28. The van der Waals surface area contributed by atoms with E-state index < -0.39 is 56.7 Å². The summed E-state index contributed by atoms with van der Waals surface area (Å²) >= 11 is 0. The molecule has 3 heterocycles. The lowest BCUT2D eigenvalue weighted by molar-refractivity contribution is -0.140. The van der Waals surface area contributed by atoms with Crippen molar-refractivity contribution in [1.29, 1.82) is 0 Å². The van der Waals surface area contributed by atoms with Gasteiger partial charge in [0.25, 0.3) is 5.91 Å². The quantitative estimate of drug-likeness (QED) is 0.210. The third kappa shape index (κ3) is 7.04. The first-order chi connectivity index (χ1) is 23.9. The molecule has 0 bridgehead atoms. The highest BCUT2D eigenvalue weighted by Gasteiger charge is 2.62. The summed E-state index contributed by atoms with van der Waals surface area (Å²) in [7, 11) is -0.756. The molecule has 3 aliphatic rings.